The van der Waals surface area contributed by atoms with Crippen LogP contribution < -0.4 is 5.32 Å². The predicted molar refractivity (Wildman–Crippen MR) is 77.4 cm³/mol. The molecule has 3 heterocycles. The maximum Gasteiger partial charge on any atom is 0.271 e. The summed E-state index contributed by atoms with van der Waals surface area (Å²) in [6, 6.07) is 5.91. The number of hydrogen-bond acceptors (Lipinski definition) is 4. The molecule has 0 aliphatic heterocycles. The third-order valence-corrected chi connectivity index (χ3v) is 4.47. The molecular weight excluding hydrogens is 278 g/mol. The molecule has 1 amide bonds. The van der Waals surface area contributed by atoms with E-state index in [2.05, 4.69) is 15.3 Å². The minimum Gasteiger partial charge on any atom is -0.367 e. The van der Waals surface area contributed by atoms with Crippen molar-refractivity contribution < 1.29 is 4.79 Å². The maximum absolute atomic E-state index is 11.9. The monoisotopic (exact) mass is 289 g/mol. The van der Waals surface area contributed by atoms with Crippen LogP contribution in [0.4, 0.5) is 0 Å². The van der Waals surface area contributed by atoms with Crippen LogP contribution >= 0.6 is 22.7 Å². The summed E-state index contributed by atoms with van der Waals surface area (Å²) >= 11 is 3.12. The largest absolute Gasteiger partial charge is 0.367 e. The molecule has 19 heavy (non-hydrogen) atoms. The van der Waals surface area contributed by atoms with Crippen LogP contribution in [-0.4, -0.2) is 15.9 Å². The topological polar surface area (TPSA) is 57.8 Å². The molecule has 4 nitrogen and oxygen atoms in total. The smallest absolute Gasteiger partial charge is 0.271 e. The summed E-state index contributed by atoms with van der Waals surface area (Å²) in [5.41, 5.74) is 1.52. The fourth-order valence-electron chi connectivity index (χ4n) is 1.63. The number of aromatic amines is 1. The molecule has 0 atom stereocenters. The van der Waals surface area contributed by atoms with Crippen molar-refractivity contribution in [3.05, 3.63) is 52.6 Å². The molecule has 0 radical (unpaired) electrons. The lowest BCUT2D eigenvalue weighted by molar-refractivity contribution is 0.0946. The minimum absolute atomic E-state index is 0.139. The SMILES string of the molecule is O=C(NCc1cc[nH]c1)c1csc(-c2cccs2)n1. The highest BCUT2D eigenvalue weighted by molar-refractivity contribution is 7.20. The number of H-pyrrole nitrogens is 1. The van der Waals surface area contributed by atoms with Gasteiger partial charge in [-0.1, -0.05) is 6.07 Å². The van der Waals surface area contributed by atoms with Gasteiger partial charge in [-0.25, -0.2) is 4.98 Å². The van der Waals surface area contributed by atoms with Crippen molar-refractivity contribution in [3.63, 3.8) is 0 Å². The Hall–Kier alpha value is -1.92. The lowest BCUT2D eigenvalue weighted by atomic mass is 10.3. The molecule has 3 aromatic heterocycles. The third-order valence-electron chi connectivity index (χ3n) is 2.58. The molecule has 6 heteroatoms. The van der Waals surface area contributed by atoms with E-state index in [1.54, 1.807) is 16.7 Å². The molecule has 0 saturated heterocycles. The van der Waals surface area contributed by atoms with Gasteiger partial charge in [-0.2, -0.15) is 0 Å². The van der Waals surface area contributed by atoms with Gasteiger partial charge < -0.3 is 10.3 Å². The molecule has 3 aromatic rings. The Morgan fingerprint density at radius 2 is 2.32 bits per heavy atom. The lowest BCUT2D eigenvalue weighted by Crippen LogP contribution is -2.22. The van der Waals surface area contributed by atoms with Gasteiger partial charge in [-0.05, 0) is 23.1 Å². The van der Waals surface area contributed by atoms with Crippen LogP contribution in [0.5, 0.6) is 0 Å². The molecule has 0 aliphatic rings. The second-order valence-corrected chi connectivity index (χ2v) is 5.72. The van der Waals surface area contributed by atoms with Gasteiger partial charge in [0.25, 0.3) is 5.91 Å². The van der Waals surface area contributed by atoms with Gasteiger partial charge >= 0.3 is 0 Å². The standard InChI is InChI=1S/C13H11N3OS2/c17-12(15-7-9-3-4-14-6-9)10-8-19-13(16-10)11-2-1-5-18-11/h1-6,8,14H,7H2,(H,15,17). The van der Waals surface area contributed by atoms with Gasteiger partial charge in [0.2, 0.25) is 0 Å². The van der Waals surface area contributed by atoms with Crippen LogP contribution in [0, 0.1) is 0 Å². The molecule has 0 bridgehead atoms. The Morgan fingerprint density at radius 1 is 1.37 bits per heavy atom. The molecular formula is C13H11N3OS2. The van der Waals surface area contributed by atoms with E-state index >= 15 is 0 Å². The molecule has 96 valence electrons. The van der Waals surface area contributed by atoms with E-state index < -0.39 is 0 Å². The average Bonchev–Trinajstić information content (AvgIpc) is 3.14. The predicted octanol–water partition coefficient (Wildman–Crippen LogP) is 3.13. The van der Waals surface area contributed by atoms with Crippen LogP contribution in [0.1, 0.15) is 16.1 Å². The summed E-state index contributed by atoms with van der Waals surface area (Å²) in [4.78, 5) is 20.4. The van der Waals surface area contributed by atoms with Crippen molar-refractivity contribution in [1.82, 2.24) is 15.3 Å². The van der Waals surface area contributed by atoms with E-state index in [9.17, 15) is 4.79 Å². The molecule has 0 aliphatic carbocycles. The normalized spacial score (nSPS) is 10.5. The lowest BCUT2D eigenvalue weighted by Gasteiger charge is -2.00. The number of rotatable bonds is 4. The number of nitrogens with one attached hydrogen (secondary N) is 2. The summed E-state index contributed by atoms with van der Waals surface area (Å²) in [6.07, 6.45) is 3.69. The fraction of sp³-hybridized carbons (Fsp3) is 0.0769. The van der Waals surface area contributed by atoms with Crippen LogP contribution in [0.25, 0.3) is 9.88 Å². The number of carbonyl (C=O) groups excluding carboxylic acids is 1. The van der Waals surface area contributed by atoms with E-state index in [0.29, 0.717) is 12.2 Å². The first-order chi connectivity index (χ1) is 9.33. The van der Waals surface area contributed by atoms with Crippen molar-refractivity contribution >= 4 is 28.6 Å². The van der Waals surface area contributed by atoms with E-state index in [1.165, 1.54) is 11.3 Å². The zero-order chi connectivity index (χ0) is 13.1. The third kappa shape index (κ3) is 2.74. The highest BCUT2D eigenvalue weighted by Gasteiger charge is 2.12. The Morgan fingerprint density at radius 3 is 3.05 bits per heavy atom. The van der Waals surface area contributed by atoms with Gasteiger partial charge in [-0.3, -0.25) is 4.79 Å². The summed E-state index contributed by atoms with van der Waals surface area (Å²) in [5.74, 6) is -0.139. The van der Waals surface area contributed by atoms with Crippen LogP contribution in [0.2, 0.25) is 0 Å². The van der Waals surface area contributed by atoms with E-state index in [4.69, 9.17) is 0 Å². The zero-order valence-corrected chi connectivity index (χ0v) is 11.6. The van der Waals surface area contributed by atoms with Gasteiger partial charge in [-0.15, -0.1) is 22.7 Å². The van der Waals surface area contributed by atoms with Crippen LogP contribution in [0.15, 0.2) is 41.4 Å². The number of aromatic nitrogens is 2. The van der Waals surface area contributed by atoms with Crippen LogP contribution in [-0.2, 0) is 6.54 Å². The van der Waals surface area contributed by atoms with Crippen LogP contribution in [0.3, 0.4) is 0 Å². The first-order valence-corrected chi connectivity index (χ1v) is 7.48. The van der Waals surface area contributed by atoms with E-state index in [0.717, 1.165) is 15.4 Å². The number of nitrogens with zero attached hydrogens (tertiary/aromatic N) is 1. The second kappa shape index (κ2) is 5.38. The molecule has 0 aromatic carbocycles. The van der Waals surface area contributed by atoms with Gasteiger partial charge in [0, 0.05) is 24.3 Å². The summed E-state index contributed by atoms with van der Waals surface area (Å²) in [7, 11) is 0. The summed E-state index contributed by atoms with van der Waals surface area (Å²) in [6.45, 7) is 0.508. The average molecular weight is 289 g/mol. The Labute approximate surface area is 118 Å². The highest BCUT2D eigenvalue weighted by Crippen LogP contribution is 2.27. The molecule has 0 saturated carbocycles. The Balaban J connectivity index is 1.67. The second-order valence-electron chi connectivity index (χ2n) is 3.92. The van der Waals surface area contributed by atoms with Crippen molar-refractivity contribution in [1.29, 1.82) is 0 Å². The molecule has 0 unspecified atom stereocenters. The fourth-order valence-corrected chi connectivity index (χ4v) is 3.25. The van der Waals surface area contributed by atoms with Gasteiger partial charge in [0.1, 0.15) is 10.7 Å². The minimum atomic E-state index is -0.139. The number of hydrogen-bond donors (Lipinski definition) is 2. The highest BCUT2D eigenvalue weighted by atomic mass is 32.1. The maximum atomic E-state index is 11.9. The first kappa shape index (κ1) is 12.1. The van der Waals surface area contributed by atoms with Crippen molar-refractivity contribution in [2.45, 2.75) is 6.54 Å². The molecule has 2 N–H and O–H groups in total. The Bertz CT molecular complexity index is 656. The molecule has 3 rings (SSSR count). The Kier molecular flexibility index (Phi) is 3.43. The van der Waals surface area contributed by atoms with E-state index in [1.807, 2.05) is 36.0 Å². The van der Waals surface area contributed by atoms with Gasteiger partial charge in [0.05, 0.1) is 4.88 Å². The molecule has 0 fully saturated rings. The zero-order valence-electron chi connectivity index (χ0n) is 9.92. The number of carbonyl (C=O) groups is 1. The van der Waals surface area contributed by atoms with Crippen molar-refractivity contribution in [2.24, 2.45) is 0 Å². The molecule has 0 spiro atoms. The van der Waals surface area contributed by atoms with Gasteiger partial charge in [0.15, 0.2) is 0 Å². The number of thiazole rings is 1. The summed E-state index contributed by atoms with van der Waals surface area (Å²) in [5, 5.41) is 7.53. The first-order valence-electron chi connectivity index (χ1n) is 5.72. The quantitative estimate of drug-likeness (QED) is 0.775. The van der Waals surface area contributed by atoms with E-state index in [-0.39, 0.29) is 5.91 Å². The number of thiophene rings is 1. The van der Waals surface area contributed by atoms with Crippen molar-refractivity contribution in [3.8, 4) is 9.88 Å². The van der Waals surface area contributed by atoms with Crippen molar-refractivity contribution in [2.75, 3.05) is 0 Å². The number of amides is 1. The summed E-state index contributed by atoms with van der Waals surface area (Å²) < 4.78 is 0.